The highest BCUT2D eigenvalue weighted by atomic mass is 16.1. The smallest absolute Gasteiger partial charge is 0.130 e. The van der Waals surface area contributed by atoms with Crippen molar-refractivity contribution < 1.29 is 4.79 Å². The van der Waals surface area contributed by atoms with Crippen LogP contribution in [0.25, 0.3) is 0 Å². The molecular formula is C10H16O. The molecule has 1 aliphatic rings. The summed E-state index contributed by atoms with van der Waals surface area (Å²) in [6, 6.07) is 0. The van der Waals surface area contributed by atoms with E-state index < -0.39 is 0 Å². The van der Waals surface area contributed by atoms with Gasteiger partial charge in [0, 0.05) is 6.42 Å². The van der Waals surface area contributed by atoms with E-state index in [4.69, 9.17) is 0 Å². The molecule has 0 saturated heterocycles. The zero-order valence-corrected chi connectivity index (χ0v) is 7.39. The van der Waals surface area contributed by atoms with Crippen LogP contribution in [0.4, 0.5) is 0 Å². The van der Waals surface area contributed by atoms with Crippen molar-refractivity contribution in [3.8, 4) is 0 Å². The first kappa shape index (κ1) is 8.51. The van der Waals surface area contributed by atoms with Crippen molar-refractivity contribution in [2.75, 3.05) is 0 Å². The Bertz CT molecular complexity index is 179. The number of hydrogen-bond donors (Lipinski definition) is 0. The van der Waals surface area contributed by atoms with Gasteiger partial charge >= 0.3 is 0 Å². The predicted octanol–water partition coefficient (Wildman–Crippen LogP) is 2.71. The number of carbonyl (C=O) groups excluding carboxylic acids is 1. The Morgan fingerprint density at radius 1 is 1.73 bits per heavy atom. The lowest BCUT2D eigenvalue weighted by Gasteiger charge is -2.01. The van der Waals surface area contributed by atoms with Crippen LogP contribution in [-0.4, -0.2) is 5.78 Å². The molecule has 0 aromatic carbocycles. The molecule has 1 unspecified atom stereocenters. The Hall–Kier alpha value is -0.590. The van der Waals surface area contributed by atoms with Crippen LogP contribution in [0.3, 0.4) is 0 Å². The van der Waals surface area contributed by atoms with E-state index in [-0.39, 0.29) is 0 Å². The Morgan fingerprint density at radius 3 is 2.91 bits per heavy atom. The van der Waals surface area contributed by atoms with E-state index >= 15 is 0 Å². The maximum Gasteiger partial charge on any atom is 0.130 e. The molecule has 0 aliphatic heterocycles. The van der Waals surface area contributed by atoms with Gasteiger partial charge in [-0.1, -0.05) is 18.6 Å². The van der Waals surface area contributed by atoms with Crippen LogP contribution in [0, 0.1) is 5.92 Å². The maximum atomic E-state index is 10.8. The van der Waals surface area contributed by atoms with E-state index in [1.54, 1.807) is 6.92 Å². The molecule has 0 aromatic rings. The van der Waals surface area contributed by atoms with Gasteiger partial charge < -0.3 is 4.79 Å². The maximum absolute atomic E-state index is 10.8. The molecule has 1 heteroatoms. The normalized spacial score (nSPS) is 23.5. The lowest BCUT2D eigenvalue weighted by Crippen LogP contribution is -1.98. The first-order chi connectivity index (χ1) is 5.22. The van der Waals surface area contributed by atoms with Gasteiger partial charge in [0.15, 0.2) is 0 Å². The molecule has 1 nitrogen and oxygen atoms in total. The third kappa shape index (κ3) is 2.49. The predicted molar refractivity (Wildman–Crippen MR) is 46.4 cm³/mol. The van der Waals surface area contributed by atoms with Crippen LogP contribution in [0.2, 0.25) is 0 Å². The molecule has 0 heterocycles. The van der Waals surface area contributed by atoms with Crippen molar-refractivity contribution >= 4 is 5.78 Å². The molecule has 1 atom stereocenters. The Morgan fingerprint density at radius 2 is 2.45 bits per heavy atom. The second kappa shape index (κ2) is 3.70. The van der Waals surface area contributed by atoms with E-state index in [1.165, 1.54) is 18.4 Å². The average molecular weight is 152 g/mol. The fourth-order valence-corrected chi connectivity index (χ4v) is 1.70. The van der Waals surface area contributed by atoms with E-state index in [0.717, 1.165) is 12.8 Å². The molecule has 0 fully saturated rings. The Labute approximate surface area is 68.5 Å². The minimum Gasteiger partial charge on any atom is -0.300 e. The monoisotopic (exact) mass is 152 g/mol. The molecule has 1 rings (SSSR count). The van der Waals surface area contributed by atoms with Crippen molar-refractivity contribution in [3.05, 3.63) is 11.6 Å². The highest BCUT2D eigenvalue weighted by Crippen LogP contribution is 2.28. The minimum absolute atomic E-state index is 0.323. The van der Waals surface area contributed by atoms with Crippen LogP contribution in [0.15, 0.2) is 11.6 Å². The summed E-state index contributed by atoms with van der Waals surface area (Å²) in [5.41, 5.74) is 1.54. The SMILES string of the molecule is CCC1=CC(CC(C)=O)CC1. The van der Waals surface area contributed by atoms with Gasteiger partial charge in [0.2, 0.25) is 0 Å². The summed E-state index contributed by atoms with van der Waals surface area (Å²) in [6.45, 7) is 3.86. The van der Waals surface area contributed by atoms with Crippen molar-refractivity contribution in [2.45, 2.75) is 39.5 Å². The third-order valence-corrected chi connectivity index (χ3v) is 2.31. The van der Waals surface area contributed by atoms with Crippen LogP contribution in [0.1, 0.15) is 39.5 Å². The van der Waals surface area contributed by atoms with Gasteiger partial charge in [0.25, 0.3) is 0 Å². The van der Waals surface area contributed by atoms with Gasteiger partial charge in [-0.25, -0.2) is 0 Å². The van der Waals surface area contributed by atoms with Crippen LogP contribution >= 0.6 is 0 Å². The van der Waals surface area contributed by atoms with Crippen LogP contribution < -0.4 is 0 Å². The molecule has 0 spiro atoms. The zero-order chi connectivity index (χ0) is 8.27. The van der Waals surface area contributed by atoms with E-state index in [9.17, 15) is 4.79 Å². The van der Waals surface area contributed by atoms with E-state index in [1.807, 2.05) is 0 Å². The van der Waals surface area contributed by atoms with Crippen molar-refractivity contribution in [3.63, 3.8) is 0 Å². The number of ketones is 1. The van der Waals surface area contributed by atoms with Crippen molar-refractivity contribution in [2.24, 2.45) is 5.92 Å². The lowest BCUT2D eigenvalue weighted by molar-refractivity contribution is -0.117. The van der Waals surface area contributed by atoms with Gasteiger partial charge in [-0.2, -0.15) is 0 Å². The molecule has 0 aromatic heterocycles. The summed E-state index contributed by atoms with van der Waals surface area (Å²) in [6.07, 6.45) is 6.62. The Kier molecular flexibility index (Phi) is 2.86. The molecular weight excluding hydrogens is 136 g/mol. The number of hydrogen-bond acceptors (Lipinski definition) is 1. The summed E-state index contributed by atoms with van der Waals surface area (Å²) in [4.78, 5) is 10.8. The molecule has 11 heavy (non-hydrogen) atoms. The second-order valence-corrected chi connectivity index (χ2v) is 3.38. The quantitative estimate of drug-likeness (QED) is 0.568. The minimum atomic E-state index is 0.323. The highest BCUT2D eigenvalue weighted by Gasteiger charge is 2.15. The fourth-order valence-electron chi connectivity index (χ4n) is 1.70. The van der Waals surface area contributed by atoms with E-state index in [0.29, 0.717) is 11.7 Å². The number of rotatable bonds is 3. The van der Waals surface area contributed by atoms with Gasteiger partial charge in [0.05, 0.1) is 0 Å². The summed E-state index contributed by atoms with van der Waals surface area (Å²) >= 11 is 0. The largest absolute Gasteiger partial charge is 0.300 e. The molecule has 0 amide bonds. The van der Waals surface area contributed by atoms with Crippen molar-refractivity contribution in [1.82, 2.24) is 0 Å². The first-order valence-electron chi connectivity index (χ1n) is 4.41. The zero-order valence-electron chi connectivity index (χ0n) is 7.39. The Balaban J connectivity index is 2.39. The molecule has 0 bridgehead atoms. The van der Waals surface area contributed by atoms with Gasteiger partial charge in [-0.15, -0.1) is 0 Å². The summed E-state index contributed by atoms with van der Waals surface area (Å²) in [7, 11) is 0. The van der Waals surface area contributed by atoms with Crippen molar-refractivity contribution in [1.29, 1.82) is 0 Å². The lowest BCUT2D eigenvalue weighted by atomic mass is 10.0. The summed E-state index contributed by atoms with van der Waals surface area (Å²) < 4.78 is 0. The van der Waals surface area contributed by atoms with Crippen LogP contribution in [0.5, 0.6) is 0 Å². The topological polar surface area (TPSA) is 17.1 Å². The van der Waals surface area contributed by atoms with Gasteiger partial charge in [-0.05, 0) is 32.1 Å². The fraction of sp³-hybridized carbons (Fsp3) is 0.700. The van der Waals surface area contributed by atoms with E-state index in [2.05, 4.69) is 13.0 Å². The standard InChI is InChI=1S/C10H16O/c1-3-9-4-5-10(7-9)6-8(2)11/h7,10H,3-6H2,1-2H3. The van der Waals surface area contributed by atoms with Gasteiger partial charge in [-0.3, -0.25) is 0 Å². The number of Topliss-reactive ketones (excluding diaryl/α,β-unsaturated/α-hetero) is 1. The van der Waals surface area contributed by atoms with Crippen LogP contribution in [-0.2, 0) is 4.79 Å². The average Bonchev–Trinajstić information content (AvgIpc) is 2.34. The molecule has 0 radical (unpaired) electrons. The molecule has 0 saturated carbocycles. The highest BCUT2D eigenvalue weighted by molar-refractivity contribution is 5.76. The second-order valence-electron chi connectivity index (χ2n) is 3.38. The number of carbonyl (C=O) groups is 1. The summed E-state index contributed by atoms with van der Waals surface area (Å²) in [5, 5.41) is 0. The number of allylic oxidation sites excluding steroid dienone is 2. The summed E-state index contributed by atoms with van der Waals surface area (Å²) in [5.74, 6) is 0.881. The molecule has 62 valence electrons. The molecule has 0 N–H and O–H groups in total. The third-order valence-electron chi connectivity index (χ3n) is 2.31. The van der Waals surface area contributed by atoms with Gasteiger partial charge in [0.1, 0.15) is 5.78 Å². The molecule has 1 aliphatic carbocycles. The first-order valence-corrected chi connectivity index (χ1v) is 4.41.